The Bertz CT molecular complexity index is 445. The number of nitrogens with one attached hydrogen (secondary N) is 1. The molecule has 3 unspecified atom stereocenters. The molecule has 0 spiro atoms. The van der Waals surface area contributed by atoms with Crippen molar-refractivity contribution in [2.45, 2.75) is 71.1 Å². The first-order chi connectivity index (χ1) is 9.57. The minimum absolute atomic E-state index is 0.0372. The van der Waals surface area contributed by atoms with E-state index in [1.54, 1.807) is 11.3 Å². The second-order valence-electron chi connectivity index (χ2n) is 5.85. The molecule has 1 aliphatic heterocycles. The van der Waals surface area contributed by atoms with Crippen molar-refractivity contribution in [1.82, 2.24) is 10.2 Å². The van der Waals surface area contributed by atoms with Crippen molar-refractivity contribution >= 4 is 17.2 Å². The fraction of sp³-hybridized carbons (Fsp3) is 0.688. The molecule has 20 heavy (non-hydrogen) atoms. The molecule has 112 valence electrons. The summed E-state index contributed by atoms with van der Waals surface area (Å²) < 4.78 is 0. The molecule has 2 rings (SSSR count). The van der Waals surface area contributed by atoms with Gasteiger partial charge >= 0.3 is 0 Å². The molecule has 1 aromatic heterocycles. The second-order valence-corrected chi connectivity index (χ2v) is 6.63. The first-order valence-corrected chi connectivity index (χ1v) is 8.64. The maximum Gasteiger partial charge on any atom is 0.244 e. The van der Waals surface area contributed by atoms with E-state index in [-0.39, 0.29) is 12.1 Å². The monoisotopic (exact) mass is 294 g/mol. The van der Waals surface area contributed by atoms with Crippen LogP contribution in [0.15, 0.2) is 16.8 Å². The van der Waals surface area contributed by atoms with Crippen molar-refractivity contribution in [2.75, 3.05) is 0 Å². The van der Waals surface area contributed by atoms with Gasteiger partial charge in [-0.15, -0.1) is 0 Å². The predicted molar refractivity (Wildman–Crippen MR) is 84.7 cm³/mol. The van der Waals surface area contributed by atoms with Crippen molar-refractivity contribution in [1.29, 1.82) is 0 Å². The van der Waals surface area contributed by atoms with E-state index in [0.717, 1.165) is 25.7 Å². The number of carbonyl (C=O) groups excluding carboxylic acids is 1. The van der Waals surface area contributed by atoms with E-state index in [9.17, 15) is 4.79 Å². The number of hydrogen-bond donors (Lipinski definition) is 1. The minimum atomic E-state index is -0.423. The summed E-state index contributed by atoms with van der Waals surface area (Å²) in [6.45, 7) is 8.49. The topological polar surface area (TPSA) is 32.3 Å². The highest BCUT2D eigenvalue weighted by Gasteiger charge is 2.49. The van der Waals surface area contributed by atoms with Gasteiger partial charge in [-0.25, -0.2) is 0 Å². The Morgan fingerprint density at radius 1 is 1.45 bits per heavy atom. The SMILES string of the molecule is CCCC(CC)N1C(=O)C(C)(CC)NC1c1ccsc1. The smallest absolute Gasteiger partial charge is 0.244 e. The average molecular weight is 294 g/mol. The molecule has 1 saturated heterocycles. The third-order valence-electron chi connectivity index (χ3n) is 4.49. The molecule has 2 heterocycles. The highest BCUT2D eigenvalue weighted by atomic mass is 32.1. The molecule has 0 aliphatic carbocycles. The Hall–Kier alpha value is -0.870. The minimum Gasteiger partial charge on any atom is -0.318 e. The van der Waals surface area contributed by atoms with Gasteiger partial charge in [-0.1, -0.05) is 27.2 Å². The maximum atomic E-state index is 12.9. The van der Waals surface area contributed by atoms with E-state index in [1.165, 1.54) is 5.56 Å². The van der Waals surface area contributed by atoms with E-state index >= 15 is 0 Å². The van der Waals surface area contributed by atoms with Crippen LogP contribution in [-0.4, -0.2) is 22.4 Å². The summed E-state index contributed by atoms with van der Waals surface area (Å²) >= 11 is 1.69. The summed E-state index contributed by atoms with van der Waals surface area (Å²) in [4.78, 5) is 15.0. The average Bonchev–Trinajstić information content (AvgIpc) is 3.05. The summed E-state index contributed by atoms with van der Waals surface area (Å²) in [6, 6.07) is 2.46. The lowest BCUT2D eigenvalue weighted by Gasteiger charge is -2.32. The van der Waals surface area contributed by atoms with Gasteiger partial charge in [-0.05, 0) is 48.6 Å². The van der Waals surface area contributed by atoms with Crippen LogP contribution < -0.4 is 5.32 Å². The number of carbonyl (C=O) groups is 1. The molecule has 0 aromatic carbocycles. The van der Waals surface area contributed by atoms with Crippen molar-refractivity contribution in [3.63, 3.8) is 0 Å². The van der Waals surface area contributed by atoms with Gasteiger partial charge in [0, 0.05) is 6.04 Å². The van der Waals surface area contributed by atoms with E-state index in [2.05, 4.69) is 47.8 Å². The summed E-state index contributed by atoms with van der Waals surface area (Å²) in [5.41, 5.74) is 0.795. The van der Waals surface area contributed by atoms with Gasteiger partial charge in [0.25, 0.3) is 0 Å². The summed E-state index contributed by atoms with van der Waals surface area (Å²) in [7, 11) is 0. The zero-order valence-electron chi connectivity index (χ0n) is 13.0. The summed E-state index contributed by atoms with van der Waals surface area (Å²) in [6.07, 6.45) is 4.06. The molecule has 1 amide bonds. The molecular weight excluding hydrogens is 268 g/mol. The van der Waals surface area contributed by atoms with E-state index in [4.69, 9.17) is 0 Å². The van der Waals surface area contributed by atoms with Crippen LogP contribution in [0.3, 0.4) is 0 Å². The van der Waals surface area contributed by atoms with Gasteiger partial charge in [0.05, 0.1) is 5.54 Å². The molecule has 0 bridgehead atoms. The van der Waals surface area contributed by atoms with Gasteiger partial charge < -0.3 is 4.90 Å². The number of nitrogens with zero attached hydrogens (tertiary/aromatic N) is 1. The Balaban J connectivity index is 2.35. The lowest BCUT2D eigenvalue weighted by molar-refractivity contribution is -0.135. The third kappa shape index (κ3) is 2.63. The molecule has 1 aliphatic rings. The molecule has 3 atom stereocenters. The Labute approximate surface area is 126 Å². The number of rotatable bonds is 6. The van der Waals surface area contributed by atoms with Crippen LogP contribution in [0, 0.1) is 0 Å². The highest BCUT2D eigenvalue weighted by molar-refractivity contribution is 7.07. The standard InChI is InChI=1S/C16H26N2OS/c1-5-8-13(6-2)18-14(12-9-10-20-11-12)17-16(4,7-3)15(18)19/h9-11,13-14,17H,5-8H2,1-4H3. The molecule has 0 saturated carbocycles. The molecule has 4 heteroatoms. The quantitative estimate of drug-likeness (QED) is 0.862. The predicted octanol–water partition coefficient (Wildman–Crippen LogP) is 3.93. The van der Waals surface area contributed by atoms with Crippen molar-refractivity contribution in [3.05, 3.63) is 22.4 Å². The van der Waals surface area contributed by atoms with Gasteiger partial charge in [0.15, 0.2) is 0 Å². The molecule has 1 fully saturated rings. The summed E-state index contributed by atoms with van der Waals surface area (Å²) in [5.74, 6) is 0.261. The van der Waals surface area contributed by atoms with Crippen LogP contribution in [0.5, 0.6) is 0 Å². The van der Waals surface area contributed by atoms with Gasteiger partial charge in [0.2, 0.25) is 5.91 Å². The van der Waals surface area contributed by atoms with Crippen LogP contribution in [0.1, 0.15) is 65.1 Å². The molecule has 1 aromatic rings. The van der Waals surface area contributed by atoms with Crippen molar-refractivity contribution in [2.24, 2.45) is 0 Å². The highest BCUT2D eigenvalue weighted by Crippen LogP contribution is 2.36. The second kappa shape index (κ2) is 6.27. The van der Waals surface area contributed by atoms with Crippen LogP contribution in [-0.2, 0) is 4.79 Å². The number of thiophene rings is 1. The Kier molecular flexibility index (Phi) is 4.86. The van der Waals surface area contributed by atoms with Crippen LogP contribution in [0.4, 0.5) is 0 Å². The van der Waals surface area contributed by atoms with Crippen molar-refractivity contribution in [3.8, 4) is 0 Å². The van der Waals surface area contributed by atoms with Crippen LogP contribution in [0.25, 0.3) is 0 Å². The number of amides is 1. The first-order valence-electron chi connectivity index (χ1n) is 7.69. The van der Waals surface area contributed by atoms with Crippen molar-refractivity contribution < 1.29 is 4.79 Å². The maximum absolute atomic E-state index is 12.9. The van der Waals surface area contributed by atoms with E-state index < -0.39 is 5.54 Å². The fourth-order valence-electron chi connectivity index (χ4n) is 3.01. The molecule has 0 radical (unpaired) electrons. The molecule has 1 N–H and O–H groups in total. The molecular formula is C16H26N2OS. The zero-order valence-corrected chi connectivity index (χ0v) is 13.8. The van der Waals surface area contributed by atoms with Crippen LogP contribution in [0.2, 0.25) is 0 Å². The third-order valence-corrected chi connectivity index (χ3v) is 5.19. The largest absolute Gasteiger partial charge is 0.318 e. The van der Waals surface area contributed by atoms with Gasteiger partial charge in [-0.2, -0.15) is 11.3 Å². The first kappa shape index (κ1) is 15.5. The number of hydrogen-bond acceptors (Lipinski definition) is 3. The summed E-state index contributed by atoms with van der Waals surface area (Å²) in [5, 5.41) is 7.81. The van der Waals surface area contributed by atoms with Gasteiger partial charge in [-0.3, -0.25) is 10.1 Å². The Morgan fingerprint density at radius 2 is 2.20 bits per heavy atom. The Morgan fingerprint density at radius 3 is 2.70 bits per heavy atom. The van der Waals surface area contributed by atoms with Crippen LogP contribution >= 0.6 is 11.3 Å². The lowest BCUT2D eigenvalue weighted by Crippen LogP contribution is -2.44. The van der Waals surface area contributed by atoms with E-state index in [1.807, 2.05) is 6.92 Å². The zero-order chi connectivity index (χ0) is 14.8. The lowest BCUT2D eigenvalue weighted by atomic mass is 9.98. The fourth-order valence-corrected chi connectivity index (χ4v) is 3.69. The van der Waals surface area contributed by atoms with E-state index in [0.29, 0.717) is 6.04 Å². The normalized spacial score (nSPS) is 28.1. The molecule has 3 nitrogen and oxygen atoms in total. The van der Waals surface area contributed by atoms with Gasteiger partial charge in [0.1, 0.15) is 6.17 Å².